The van der Waals surface area contributed by atoms with E-state index in [1.54, 1.807) is 7.05 Å². The van der Waals surface area contributed by atoms with E-state index in [4.69, 9.17) is 4.52 Å². The zero-order chi connectivity index (χ0) is 17.5. The first kappa shape index (κ1) is 20.7. The molecule has 2 aromatic rings. The fraction of sp³-hybridized carbons (Fsp3) is 0.474. The quantitative estimate of drug-likeness (QED) is 0.387. The number of nitrogens with one attached hydrogen (secondary N) is 2. The molecule has 6 nitrogen and oxygen atoms in total. The molecule has 1 saturated heterocycles. The number of hydrogen-bond donors (Lipinski definition) is 2. The molecule has 0 aliphatic carbocycles. The highest BCUT2D eigenvalue weighted by atomic mass is 127. The third-order valence-electron chi connectivity index (χ3n) is 4.69. The normalized spacial score (nSPS) is 17.8. The Labute approximate surface area is 172 Å². The molecular weight excluding hydrogens is 441 g/mol. The summed E-state index contributed by atoms with van der Waals surface area (Å²) >= 11 is 0. The van der Waals surface area contributed by atoms with E-state index in [-0.39, 0.29) is 24.0 Å². The average Bonchev–Trinajstić information content (AvgIpc) is 3.31. The molecule has 2 heterocycles. The van der Waals surface area contributed by atoms with Gasteiger partial charge in [0.15, 0.2) is 11.7 Å². The van der Waals surface area contributed by atoms with Crippen molar-refractivity contribution in [1.82, 2.24) is 20.7 Å². The van der Waals surface area contributed by atoms with Crippen molar-refractivity contribution in [3.63, 3.8) is 0 Å². The lowest BCUT2D eigenvalue weighted by molar-refractivity contribution is 0.267. The maximum absolute atomic E-state index is 5.43. The zero-order valence-corrected chi connectivity index (χ0v) is 17.8. The van der Waals surface area contributed by atoms with Crippen LogP contribution in [0.2, 0.25) is 0 Å². The second-order valence-corrected chi connectivity index (χ2v) is 6.28. The standard InChI is InChI=1S/C19H27N5O.HI/c1-3-24-11-7-10-17(24)14-22-19(20-2)21-13-16-12-18(25-23-16)15-8-5-4-6-9-15;/h4-6,8-9,12,17H,3,7,10-11,13-14H2,1-2H3,(H2,20,21,22);1H. The van der Waals surface area contributed by atoms with Crippen LogP contribution in [0.4, 0.5) is 0 Å². The Kier molecular flexibility index (Phi) is 8.37. The Morgan fingerprint density at radius 3 is 2.85 bits per heavy atom. The minimum absolute atomic E-state index is 0. The molecule has 1 unspecified atom stereocenters. The Bertz CT molecular complexity index is 688. The molecule has 0 saturated carbocycles. The van der Waals surface area contributed by atoms with Gasteiger partial charge in [-0.3, -0.25) is 9.89 Å². The second-order valence-electron chi connectivity index (χ2n) is 6.28. The molecule has 1 atom stereocenters. The number of likely N-dealkylation sites (N-methyl/N-ethyl adjacent to an activating group) is 1. The van der Waals surface area contributed by atoms with Crippen molar-refractivity contribution in [1.29, 1.82) is 0 Å². The average molecular weight is 469 g/mol. The number of guanidine groups is 1. The summed E-state index contributed by atoms with van der Waals surface area (Å²) in [5.41, 5.74) is 1.89. The lowest BCUT2D eigenvalue weighted by Gasteiger charge is -2.23. The fourth-order valence-corrected chi connectivity index (χ4v) is 3.29. The van der Waals surface area contributed by atoms with Crippen LogP contribution in [0.5, 0.6) is 0 Å². The van der Waals surface area contributed by atoms with Crippen LogP contribution in [0.3, 0.4) is 0 Å². The molecule has 3 rings (SSSR count). The van der Waals surface area contributed by atoms with E-state index in [0.29, 0.717) is 12.6 Å². The van der Waals surface area contributed by atoms with Crippen molar-refractivity contribution >= 4 is 29.9 Å². The highest BCUT2D eigenvalue weighted by molar-refractivity contribution is 14.0. The minimum atomic E-state index is 0. The van der Waals surface area contributed by atoms with E-state index in [9.17, 15) is 0 Å². The largest absolute Gasteiger partial charge is 0.356 e. The lowest BCUT2D eigenvalue weighted by Crippen LogP contribution is -2.44. The molecule has 1 aromatic carbocycles. The summed E-state index contributed by atoms with van der Waals surface area (Å²) in [6.07, 6.45) is 2.54. The summed E-state index contributed by atoms with van der Waals surface area (Å²) in [6.45, 7) is 6.04. The van der Waals surface area contributed by atoms with Crippen LogP contribution in [-0.2, 0) is 6.54 Å². The monoisotopic (exact) mass is 469 g/mol. The zero-order valence-electron chi connectivity index (χ0n) is 15.4. The van der Waals surface area contributed by atoms with Crippen molar-refractivity contribution in [2.75, 3.05) is 26.7 Å². The first-order valence-electron chi connectivity index (χ1n) is 8.99. The number of likely N-dealkylation sites (tertiary alicyclic amines) is 1. The fourth-order valence-electron chi connectivity index (χ4n) is 3.29. The van der Waals surface area contributed by atoms with Crippen LogP contribution < -0.4 is 10.6 Å². The van der Waals surface area contributed by atoms with Gasteiger partial charge in [-0.25, -0.2) is 0 Å². The molecule has 0 amide bonds. The van der Waals surface area contributed by atoms with Crippen molar-refractivity contribution in [2.45, 2.75) is 32.4 Å². The highest BCUT2D eigenvalue weighted by Gasteiger charge is 2.22. The van der Waals surface area contributed by atoms with Gasteiger partial charge in [0, 0.05) is 31.3 Å². The van der Waals surface area contributed by atoms with Gasteiger partial charge in [0.05, 0.1) is 6.54 Å². The van der Waals surface area contributed by atoms with Crippen molar-refractivity contribution < 1.29 is 4.52 Å². The van der Waals surface area contributed by atoms with Gasteiger partial charge in [0.2, 0.25) is 0 Å². The third-order valence-corrected chi connectivity index (χ3v) is 4.69. The molecule has 2 N–H and O–H groups in total. The lowest BCUT2D eigenvalue weighted by atomic mass is 10.2. The predicted octanol–water partition coefficient (Wildman–Crippen LogP) is 3.11. The van der Waals surface area contributed by atoms with Crippen LogP contribution in [0.1, 0.15) is 25.5 Å². The molecular formula is C19H28IN5O. The van der Waals surface area contributed by atoms with E-state index in [1.165, 1.54) is 19.4 Å². The number of nitrogens with zero attached hydrogens (tertiary/aromatic N) is 3. The van der Waals surface area contributed by atoms with Gasteiger partial charge < -0.3 is 15.2 Å². The molecule has 1 aliphatic heterocycles. The molecule has 7 heteroatoms. The Hall–Kier alpha value is -1.61. The first-order valence-corrected chi connectivity index (χ1v) is 8.99. The number of hydrogen-bond acceptors (Lipinski definition) is 4. The molecule has 1 aliphatic rings. The van der Waals surface area contributed by atoms with E-state index in [0.717, 1.165) is 36.1 Å². The summed E-state index contributed by atoms with van der Waals surface area (Å²) in [6, 6.07) is 12.6. The molecule has 0 radical (unpaired) electrons. The summed E-state index contributed by atoms with van der Waals surface area (Å²) in [5.74, 6) is 1.58. The summed E-state index contributed by atoms with van der Waals surface area (Å²) in [4.78, 5) is 6.82. The van der Waals surface area contributed by atoms with Crippen LogP contribution in [-0.4, -0.2) is 48.7 Å². The summed E-state index contributed by atoms with van der Waals surface area (Å²) in [5, 5.41) is 10.9. The molecule has 142 valence electrons. The van der Waals surface area contributed by atoms with Crippen molar-refractivity contribution in [3.8, 4) is 11.3 Å². The van der Waals surface area contributed by atoms with Gasteiger partial charge in [0.1, 0.15) is 5.69 Å². The highest BCUT2D eigenvalue weighted by Crippen LogP contribution is 2.19. The number of benzene rings is 1. The molecule has 0 spiro atoms. The Morgan fingerprint density at radius 2 is 2.12 bits per heavy atom. The van der Waals surface area contributed by atoms with Crippen LogP contribution in [0.25, 0.3) is 11.3 Å². The number of halogens is 1. The Morgan fingerprint density at radius 1 is 1.31 bits per heavy atom. The maximum Gasteiger partial charge on any atom is 0.191 e. The predicted molar refractivity (Wildman–Crippen MR) is 116 cm³/mol. The van der Waals surface area contributed by atoms with Crippen LogP contribution in [0, 0.1) is 0 Å². The third kappa shape index (κ3) is 5.44. The van der Waals surface area contributed by atoms with Gasteiger partial charge in [-0.2, -0.15) is 0 Å². The topological polar surface area (TPSA) is 65.7 Å². The molecule has 1 aromatic heterocycles. The van der Waals surface area contributed by atoms with Gasteiger partial charge >= 0.3 is 0 Å². The minimum Gasteiger partial charge on any atom is -0.356 e. The molecule has 1 fully saturated rings. The van der Waals surface area contributed by atoms with Crippen molar-refractivity contribution in [3.05, 3.63) is 42.1 Å². The summed E-state index contributed by atoms with van der Waals surface area (Å²) < 4.78 is 5.43. The van der Waals surface area contributed by atoms with Gasteiger partial charge in [0.25, 0.3) is 0 Å². The number of aliphatic imine (C=N–C) groups is 1. The van der Waals surface area contributed by atoms with E-state index in [1.807, 2.05) is 36.4 Å². The Balaban J connectivity index is 0.00000243. The van der Waals surface area contributed by atoms with E-state index in [2.05, 4.69) is 32.6 Å². The molecule has 0 bridgehead atoms. The second kappa shape index (κ2) is 10.5. The number of aromatic nitrogens is 1. The maximum atomic E-state index is 5.43. The van der Waals surface area contributed by atoms with Crippen LogP contribution in [0.15, 0.2) is 45.9 Å². The number of rotatable bonds is 6. The van der Waals surface area contributed by atoms with Crippen LogP contribution >= 0.6 is 24.0 Å². The SMILES string of the molecule is CCN1CCCC1CNC(=NC)NCc1cc(-c2ccccc2)on1.I. The van der Waals surface area contributed by atoms with Gasteiger partial charge in [-0.05, 0) is 25.9 Å². The first-order chi connectivity index (χ1) is 12.3. The molecule has 26 heavy (non-hydrogen) atoms. The van der Waals surface area contributed by atoms with E-state index < -0.39 is 0 Å². The van der Waals surface area contributed by atoms with Crippen molar-refractivity contribution in [2.24, 2.45) is 4.99 Å². The smallest absolute Gasteiger partial charge is 0.191 e. The van der Waals surface area contributed by atoms with Gasteiger partial charge in [-0.15, -0.1) is 24.0 Å². The van der Waals surface area contributed by atoms with E-state index >= 15 is 0 Å². The van der Waals surface area contributed by atoms with Gasteiger partial charge in [-0.1, -0.05) is 42.4 Å². The summed E-state index contributed by atoms with van der Waals surface area (Å²) in [7, 11) is 1.79.